The number of ether oxygens (including phenoxy) is 1. The van der Waals surface area contributed by atoms with E-state index in [0.29, 0.717) is 11.6 Å². The minimum atomic E-state index is 0.498. The zero-order chi connectivity index (χ0) is 15.5. The number of nitrogen functional groups attached to an aromatic ring is 1. The normalized spacial score (nSPS) is 10.5. The topological polar surface area (TPSA) is 73.9 Å². The molecule has 0 radical (unpaired) electrons. The van der Waals surface area contributed by atoms with E-state index in [1.165, 1.54) is 6.33 Å². The Morgan fingerprint density at radius 3 is 2.64 bits per heavy atom. The van der Waals surface area contributed by atoms with Crippen molar-refractivity contribution in [2.75, 3.05) is 5.73 Å². The molecule has 0 saturated carbocycles. The molecule has 0 fully saturated rings. The van der Waals surface area contributed by atoms with Gasteiger partial charge in [-0.2, -0.15) is 0 Å². The van der Waals surface area contributed by atoms with Crippen LogP contribution in [0.25, 0.3) is 11.3 Å². The van der Waals surface area contributed by atoms with E-state index in [-0.39, 0.29) is 0 Å². The van der Waals surface area contributed by atoms with E-state index >= 15 is 0 Å². The van der Waals surface area contributed by atoms with Crippen molar-refractivity contribution in [1.82, 2.24) is 15.0 Å². The number of benzene rings is 1. The van der Waals surface area contributed by atoms with Crippen molar-refractivity contribution in [3.8, 4) is 22.9 Å². The van der Waals surface area contributed by atoms with E-state index in [2.05, 4.69) is 15.0 Å². The van der Waals surface area contributed by atoms with Crippen molar-refractivity contribution in [2.24, 2.45) is 0 Å². The lowest BCUT2D eigenvalue weighted by atomic mass is 10.1. The lowest BCUT2D eigenvalue weighted by Gasteiger charge is -2.14. The van der Waals surface area contributed by atoms with Crippen LogP contribution < -0.4 is 10.5 Å². The molecule has 0 bridgehead atoms. The average Bonchev–Trinajstić information content (AvgIpc) is 2.56. The second kappa shape index (κ2) is 5.81. The van der Waals surface area contributed by atoms with Gasteiger partial charge in [0.15, 0.2) is 0 Å². The van der Waals surface area contributed by atoms with Crippen LogP contribution in [0.2, 0.25) is 0 Å². The second-order valence-electron chi connectivity index (χ2n) is 4.98. The third-order valence-electron chi connectivity index (χ3n) is 3.47. The van der Waals surface area contributed by atoms with Crippen molar-refractivity contribution in [1.29, 1.82) is 0 Å². The van der Waals surface area contributed by atoms with Crippen LogP contribution in [0.3, 0.4) is 0 Å². The Balaban J connectivity index is 2.07. The Labute approximate surface area is 128 Å². The van der Waals surface area contributed by atoms with Crippen LogP contribution in [0.4, 0.5) is 5.69 Å². The Kier molecular flexibility index (Phi) is 3.70. The fourth-order valence-electron chi connectivity index (χ4n) is 2.21. The zero-order valence-electron chi connectivity index (χ0n) is 12.4. The van der Waals surface area contributed by atoms with Crippen LogP contribution in [0.1, 0.15) is 11.1 Å². The summed E-state index contributed by atoms with van der Waals surface area (Å²) in [5.74, 6) is 1.23. The standard InChI is InChI=1S/C17H16N4O/c1-11-5-6-14(18)12(2)16(11)22-17-13(4-3-8-20-17)15-7-9-19-10-21-15/h3-10H,18H2,1-2H3. The first-order valence-electron chi connectivity index (χ1n) is 6.91. The first-order chi connectivity index (χ1) is 10.7. The van der Waals surface area contributed by atoms with E-state index in [0.717, 1.165) is 28.1 Å². The maximum atomic E-state index is 6.05. The summed E-state index contributed by atoms with van der Waals surface area (Å²) in [5, 5.41) is 0. The molecule has 0 unspecified atom stereocenters. The molecule has 0 atom stereocenters. The highest BCUT2D eigenvalue weighted by Gasteiger charge is 2.13. The first-order valence-corrected chi connectivity index (χ1v) is 6.91. The van der Waals surface area contributed by atoms with Gasteiger partial charge in [-0.05, 0) is 43.7 Å². The number of anilines is 1. The van der Waals surface area contributed by atoms with E-state index in [9.17, 15) is 0 Å². The Bertz CT molecular complexity index is 803. The highest BCUT2D eigenvalue weighted by Crippen LogP contribution is 2.35. The lowest BCUT2D eigenvalue weighted by Crippen LogP contribution is -1.99. The summed E-state index contributed by atoms with van der Waals surface area (Å²) >= 11 is 0. The van der Waals surface area contributed by atoms with Crippen molar-refractivity contribution in [3.63, 3.8) is 0 Å². The van der Waals surface area contributed by atoms with Crippen LogP contribution >= 0.6 is 0 Å². The van der Waals surface area contributed by atoms with Crippen molar-refractivity contribution >= 4 is 5.69 Å². The molecule has 0 spiro atoms. The van der Waals surface area contributed by atoms with Crippen LogP contribution in [-0.2, 0) is 0 Å². The SMILES string of the molecule is Cc1ccc(N)c(C)c1Oc1ncccc1-c1ccncn1. The maximum Gasteiger partial charge on any atom is 0.228 e. The third kappa shape index (κ3) is 2.61. The molecule has 22 heavy (non-hydrogen) atoms. The maximum absolute atomic E-state index is 6.05. The minimum absolute atomic E-state index is 0.498. The molecular formula is C17H16N4O. The highest BCUT2D eigenvalue weighted by molar-refractivity contribution is 5.66. The fraction of sp³-hybridized carbons (Fsp3) is 0.118. The summed E-state index contributed by atoms with van der Waals surface area (Å²) < 4.78 is 6.05. The van der Waals surface area contributed by atoms with Crippen LogP contribution in [0, 0.1) is 13.8 Å². The monoisotopic (exact) mass is 292 g/mol. The number of nitrogens with two attached hydrogens (primary N) is 1. The van der Waals surface area contributed by atoms with Gasteiger partial charge in [0, 0.05) is 23.6 Å². The second-order valence-corrected chi connectivity index (χ2v) is 4.98. The van der Waals surface area contributed by atoms with Gasteiger partial charge in [-0.1, -0.05) is 6.07 Å². The number of hydrogen-bond acceptors (Lipinski definition) is 5. The molecule has 0 saturated heterocycles. The predicted octanol–water partition coefficient (Wildman–Crippen LogP) is 3.53. The van der Waals surface area contributed by atoms with E-state index in [4.69, 9.17) is 10.5 Å². The molecule has 3 rings (SSSR count). The predicted molar refractivity (Wildman–Crippen MR) is 85.7 cm³/mol. The minimum Gasteiger partial charge on any atom is -0.438 e. The summed E-state index contributed by atoms with van der Waals surface area (Å²) in [6.07, 6.45) is 4.89. The third-order valence-corrected chi connectivity index (χ3v) is 3.47. The van der Waals surface area contributed by atoms with Crippen molar-refractivity contribution in [3.05, 3.63) is 60.2 Å². The van der Waals surface area contributed by atoms with Gasteiger partial charge in [0.05, 0.1) is 11.3 Å². The summed E-state index contributed by atoms with van der Waals surface area (Å²) in [7, 11) is 0. The summed E-state index contributed by atoms with van der Waals surface area (Å²) in [6, 6.07) is 9.40. The number of hydrogen-bond donors (Lipinski definition) is 1. The van der Waals surface area contributed by atoms with Crippen molar-refractivity contribution < 1.29 is 4.74 Å². The Morgan fingerprint density at radius 1 is 1.00 bits per heavy atom. The smallest absolute Gasteiger partial charge is 0.228 e. The Morgan fingerprint density at radius 2 is 1.86 bits per heavy atom. The van der Waals surface area contributed by atoms with Gasteiger partial charge >= 0.3 is 0 Å². The molecule has 3 aromatic rings. The quantitative estimate of drug-likeness (QED) is 0.747. The molecule has 2 heterocycles. The molecule has 0 amide bonds. The van der Waals surface area contributed by atoms with E-state index in [1.807, 2.05) is 44.2 Å². The number of pyridine rings is 1. The van der Waals surface area contributed by atoms with Gasteiger partial charge in [-0.25, -0.2) is 15.0 Å². The number of rotatable bonds is 3. The van der Waals surface area contributed by atoms with Gasteiger partial charge in [-0.3, -0.25) is 0 Å². The summed E-state index contributed by atoms with van der Waals surface area (Å²) in [4.78, 5) is 12.5. The molecule has 2 N–H and O–H groups in total. The number of nitrogens with zero attached hydrogens (tertiary/aromatic N) is 3. The summed E-state index contributed by atoms with van der Waals surface area (Å²) in [5.41, 5.74) is 10.1. The number of aromatic nitrogens is 3. The zero-order valence-corrected chi connectivity index (χ0v) is 12.4. The van der Waals surface area contributed by atoms with E-state index in [1.54, 1.807) is 12.4 Å². The van der Waals surface area contributed by atoms with Crippen LogP contribution in [0.15, 0.2) is 49.1 Å². The Hall–Kier alpha value is -2.95. The van der Waals surface area contributed by atoms with Crippen molar-refractivity contribution in [2.45, 2.75) is 13.8 Å². The average molecular weight is 292 g/mol. The van der Waals surface area contributed by atoms with Gasteiger partial charge in [0.2, 0.25) is 5.88 Å². The van der Waals surface area contributed by atoms with E-state index < -0.39 is 0 Å². The molecule has 0 aliphatic rings. The molecule has 2 aromatic heterocycles. The molecule has 0 aliphatic carbocycles. The molecule has 1 aromatic carbocycles. The van der Waals surface area contributed by atoms with Gasteiger partial charge in [-0.15, -0.1) is 0 Å². The molecule has 5 nitrogen and oxygen atoms in total. The molecule has 110 valence electrons. The molecule has 5 heteroatoms. The largest absolute Gasteiger partial charge is 0.438 e. The van der Waals surface area contributed by atoms with Gasteiger partial charge in [0.25, 0.3) is 0 Å². The fourth-order valence-corrected chi connectivity index (χ4v) is 2.21. The first kappa shape index (κ1) is 14.0. The summed E-state index contributed by atoms with van der Waals surface area (Å²) in [6.45, 7) is 3.92. The number of aryl methyl sites for hydroxylation is 1. The van der Waals surface area contributed by atoms with Crippen LogP contribution in [-0.4, -0.2) is 15.0 Å². The van der Waals surface area contributed by atoms with Crippen LogP contribution in [0.5, 0.6) is 11.6 Å². The molecule has 0 aliphatic heterocycles. The van der Waals surface area contributed by atoms with Gasteiger partial charge < -0.3 is 10.5 Å². The molecular weight excluding hydrogens is 276 g/mol. The lowest BCUT2D eigenvalue weighted by molar-refractivity contribution is 0.458. The highest BCUT2D eigenvalue weighted by atomic mass is 16.5. The van der Waals surface area contributed by atoms with Gasteiger partial charge in [0.1, 0.15) is 12.1 Å².